The Morgan fingerprint density at radius 2 is 1.71 bits per heavy atom. The summed E-state index contributed by atoms with van der Waals surface area (Å²) in [6, 6.07) is 1.50. The lowest BCUT2D eigenvalue weighted by Crippen LogP contribution is -2.53. The average molecular weight is 296 g/mol. The van der Waals surface area contributed by atoms with Crippen LogP contribution in [0.2, 0.25) is 0 Å². The molecule has 1 N–H and O–H groups in total. The van der Waals surface area contributed by atoms with E-state index in [0.717, 1.165) is 18.0 Å². The molecular formula is C18H37N3. The summed E-state index contributed by atoms with van der Waals surface area (Å²) < 4.78 is 0. The normalized spacial score (nSPS) is 25.3. The van der Waals surface area contributed by atoms with Gasteiger partial charge in [0.15, 0.2) is 0 Å². The van der Waals surface area contributed by atoms with Crippen LogP contribution in [-0.2, 0) is 0 Å². The van der Waals surface area contributed by atoms with Crippen molar-refractivity contribution in [1.82, 2.24) is 15.1 Å². The van der Waals surface area contributed by atoms with E-state index in [1.807, 2.05) is 0 Å². The second-order valence-corrected chi connectivity index (χ2v) is 7.20. The van der Waals surface area contributed by atoms with Crippen LogP contribution in [0, 0.1) is 5.92 Å². The summed E-state index contributed by atoms with van der Waals surface area (Å²) in [6.45, 7) is 14.5. The molecule has 21 heavy (non-hydrogen) atoms. The molecule has 0 aromatic heterocycles. The van der Waals surface area contributed by atoms with Crippen molar-refractivity contribution in [1.29, 1.82) is 0 Å². The molecule has 0 amide bonds. The van der Waals surface area contributed by atoms with Gasteiger partial charge in [0, 0.05) is 44.8 Å². The summed E-state index contributed by atoms with van der Waals surface area (Å²) >= 11 is 0. The van der Waals surface area contributed by atoms with Crippen LogP contribution in [0.4, 0.5) is 0 Å². The van der Waals surface area contributed by atoms with Crippen molar-refractivity contribution in [3.63, 3.8) is 0 Å². The molecule has 1 saturated carbocycles. The summed E-state index contributed by atoms with van der Waals surface area (Å²) in [5, 5.41) is 3.85. The van der Waals surface area contributed by atoms with Crippen LogP contribution in [0.5, 0.6) is 0 Å². The Labute approximate surface area is 132 Å². The molecule has 0 radical (unpaired) electrons. The molecule has 0 aromatic carbocycles. The predicted molar refractivity (Wildman–Crippen MR) is 91.8 cm³/mol. The van der Waals surface area contributed by atoms with E-state index in [4.69, 9.17) is 0 Å². The first kappa shape index (κ1) is 17.2. The Kier molecular flexibility index (Phi) is 7.48. The first-order valence-corrected chi connectivity index (χ1v) is 9.44. The van der Waals surface area contributed by atoms with Gasteiger partial charge >= 0.3 is 0 Å². The molecule has 124 valence electrons. The fourth-order valence-electron chi connectivity index (χ4n) is 3.99. The van der Waals surface area contributed by atoms with Crippen LogP contribution in [0.3, 0.4) is 0 Å². The molecule has 2 fully saturated rings. The minimum absolute atomic E-state index is 0.739. The molecule has 3 nitrogen and oxygen atoms in total. The van der Waals surface area contributed by atoms with Crippen molar-refractivity contribution in [2.75, 3.05) is 39.3 Å². The van der Waals surface area contributed by atoms with E-state index >= 15 is 0 Å². The van der Waals surface area contributed by atoms with Gasteiger partial charge in [0.1, 0.15) is 0 Å². The quantitative estimate of drug-likeness (QED) is 0.743. The highest BCUT2D eigenvalue weighted by Crippen LogP contribution is 2.28. The van der Waals surface area contributed by atoms with E-state index in [2.05, 4.69) is 35.9 Å². The molecule has 2 atom stereocenters. The van der Waals surface area contributed by atoms with Crippen molar-refractivity contribution in [2.24, 2.45) is 5.92 Å². The largest absolute Gasteiger partial charge is 0.312 e. The third-order valence-corrected chi connectivity index (χ3v) is 5.70. The van der Waals surface area contributed by atoms with Gasteiger partial charge in [-0.1, -0.05) is 26.7 Å². The van der Waals surface area contributed by atoms with Crippen molar-refractivity contribution >= 4 is 0 Å². The third kappa shape index (κ3) is 5.22. The van der Waals surface area contributed by atoms with Gasteiger partial charge in [-0.15, -0.1) is 0 Å². The van der Waals surface area contributed by atoms with Gasteiger partial charge in [0.05, 0.1) is 0 Å². The molecule has 1 aliphatic carbocycles. The number of hydrogen-bond acceptors (Lipinski definition) is 3. The molecule has 1 aliphatic heterocycles. The lowest BCUT2D eigenvalue weighted by molar-refractivity contribution is 0.0879. The second kappa shape index (κ2) is 9.12. The molecule has 1 saturated heterocycles. The van der Waals surface area contributed by atoms with Crippen LogP contribution < -0.4 is 5.32 Å². The Hall–Kier alpha value is -0.120. The molecule has 2 aliphatic rings. The maximum Gasteiger partial charge on any atom is 0.0223 e. The van der Waals surface area contributed by atoms with Crippen LogP contribution >= 0.6 is 0 Å². The van der Waals surface area contributed by atoms with Crippen LogP contribution in [0.25, 0.3) is 0 Å². The molecule has 2 rings (SSSR count). The topological polar surface area (TPSA) is 18.5 Å². The number of rotatable bonds is 8. The van der Waals surface area contributed by atoms with Gasteiger partial charge in [0.25, 0.3) is 0 Å². The van der Waals surface area contributed by atoms with Gasteiger partial charge in [-0.05, 0) is 45.1 Å². The Morgan fingerprint density at radius 3 is 2.29 bits per heavy atom. The zero-order chi connectivity index (χ0) is 15.1. The highest BCUT2D eigenvalue weighted by atomic mass is 15.3. The second-order valence-electron chi connectivity index (χ2n) is 7.20. The summed E-state index contributed by atoms with van der Waals surface area (Å²) in [5.74, 6) is 0.934. The van der Waals surface area contributed by atoms with Crippen molar-refractivity contribution in [2.45, 2.75) is 71.4 Å². The summed E-state index contributed by atoms with van der Waals surface area (Å²) in [7, 11) is 0. The number of nitrogens with zero attached hydrogens (tertiary/aromatic N) is 2. The van der Waals surface area contributed by atoms with Crippen molar-refractivity contribution < 1.29 is 0 Å². The van der Waals surface area contributed by atoms with Crippen LogP contribution in [0.15, 0.2) is 0 Å². The molecule has 3 heteroatoms. The summed E-state index contributed by atoms with van der Waals surface area (Å²) in [6.07, 6.45) is 8.35. The molecular weight excluding hydrogens is 258 g/mol. The van der Waals surface area contributed by atoms with E-state index in [-0.39, 0.29) is 0 Å². The molecule has 0 spiro atoms. The van der Waals surface area contributed by atoms with Gasteiger partial charge < -0.3 is 5.32 Å². The van der Waals surface area contributed by atoms with Crippen molar-refractivity contribution in [3.05, 3.63) is 0 Å². The van der Waals surface area contributed by atoms with E-state index in [0.29, 0.717) is 0 Å². The molecule has 0 bridgehead atoms. The van der Waals surface area contributed by atoms with E-state index < -0.39 is 0 Å². The monoisotopic (exact) mass is 295 g/mol. The average Bonchev–Trinajstić information content (AvgIpc) is 3.05. The zero-order valence-corrected chi connectivity index (χ0v) is 14.6. The SMILES string of the molecule is CCCNC(CN1CCN(C(C)CC)CC1)C1CCCC1. The minimum atomic E-state index is 0.739. The van der Waals surface area contributed by atoms with E-state index in [1.54, 1.807) is 0 Å². The smallest absolute Gasteiger partial charge is 0.0223 e. The minimum Gasteiger partial charge on any atom is -0.312 e. The fraction of sp³-hybridized carbons (Fsp3) is 1.00. The van der Waals surface area contributed by atoms with Gasteiger partial charge in [-0.3, -0.25) is 9.80 Å². The molecule has 0 aromatic rings. The number of hydrogen-bond donors (Lipinski definition) is 1. The van der Waals surface area contributed by atoms with Gasteiger partial charge in [-0.2, -0.15) is 0 Å². The van der Waals surface area contributed by atoms with Crippen LogP contribution in [0.1, 0.15) is 59.3 Å². The predicted octanol–water partition coefficient (Wildman–Crippen LogP) is 2.96. The van der Waals surface area contributed by atoms with Gasteiger partial charge in [-0.25, -0.2) is 0 Å². The highest BCUT2D eigenvalue weighted by molar-refractivity contribution is 4.85. The lowest BCUT2D eigenvalue weighted by Gasteiger charge is -2.40. The Morgan fingerprint density at radius 1 is 1.05 bits per heavy atom. The molecule has 1 heterocycles. The molecule has 2 unspecified atom stereocenters. The standard InChI is InChI=1S/C18H37N3/c1-4-10-19-18(17-8-6-7-9-17)15-20-11-13-21(14-12-20)16(3)5-2/h16-19H,4-15H2,1-3H3. The highest BCUT2D eigenvalue weighted by Gasteiger charge is 2.28. The van der Waals surface area contributed by atoms with E-state index in [1.165, 1.54) is 77.8 Å². The van der Waals surface area contributed by atoms with Crippen molar-refractivity contribution in [3.8, 4) is 0 Å². The fourth-order valence-corrected chi connectivity index (χ4v) is 3.99. The maximum absolute atomic E-state index is 3.85. The first-order valence-electron chi connectivity index (χ1n) is 9.44. The summed E-state index contributed by atoms with van der Waals surface area (Å²) in [5.41, 5.74) is 0. The number of piperazine rings is 1. The zero-order valence-electron chi connectivity index (χ0n) is 14.6. The first-order chi connectivity index (χ1) is 10.2. The van der Waals surface area contributed by atoms with E-state index in [9.17, 15) is 0 Å². The van der Waals surface area contributed by atoms with Crippen LogP contribution in [-0.4, -0.2) is 61.2 Å². The lowest BCUT2D eigenvalue weighted by atomic mass is 9.97. The Bertz CT molecular complexity index is 268. The van der Waals surface area contributed by atoms with Gasteiger partial charge in [0.2, 0.25) is 0 Å². The summed E-state index contributed by atoms with van der Waals surface area (Å²) in [4.78, 5) is 5.38. The Balaban J connectivity index is 1.78. The number of nitrogens with one attached hydrogen (secondary N) is 1. The maximum atomic E-state index is 3.85. The third-order valence-electron chi connectivity index (χ3n) is 5.70.